The highest BCUT2D eigenvalue weighted by Gasteiger charge is 2.17. The van der Waals surface area contributed by atoms with Gasteiger partial charge in [0.15, 0.2) is 0 Å². The summed E-state index contributed by atoms with van der Waals surface area (Å²) in [7, 11) is -3.72. The van der Waals surface area contributed by atoms with Crippen molar-refractivity contribution in [2.24, 2.45) is 5.14 Å². The average Bonchev–Trinajstić information content (AvgIpc) is 3.17. The number of aryl methyl sites for hydroxylation is 1. The summed E-state index contributed by atoms with van der Waals surface area (Å²) in [6, 6.07) is 12.3. The summed E-state index contributed by atoms with van der Waals surface area (Å²) in [6.07, 6.45) is 0. The quantitative estimate of drug-likeness (QED) is 0.658. The van der Waals surface area contributed by atoms with E-state index in [2.05, 4.69) is 5.32 Å². The lowest BCUT2D eigenvalue weighted by Crippen LogP contribution is -2.22. The minimum absolute atomic E-state index is 0.0749. The lowest BCUT2D eigenvalue weighted by molar-refractivity contribution is 0.0950. The van der Waals surface area contributed by atoms with E-state index >= 15 is 0 Å². The summed E-state index contributed by atoms with van der Waals surface area (Å²) < 4.78 is 24.7. The van der Waals surface area contributed by atoms with Crippen LogP contribution < -0.4 is 10.5 Å². The van der Waals surface area contributed by atoms with Crippen molar-refractivity contribution in [3.05, 3.63) is 69.3 Å². The highest BCUT2D eigenvalue weighted by atomic mass is 35.5. The topological polar surface area (TPSA) is 94.2 Å². The number of nitrogens with zero attached hydrogens (tertiary/aromatic N) is 1. The van der Waals surface area contributed by atoms with Crippen LogP contribution in [0, 0.1) is 13.8 Å². The van der Waals surface area contributed by atoms with Gasteiger partial charge in [-0.25, -0.2) is 13.6 Å². The standard InChI is InChI=1S/C18H18ClN3O3S2/c1-11-8-16(12(2)22(11)14-5-3-4-13(19)9-14)18(23)21-10-15-6-7-17(26-15)27(20,24)25/h3-9H,10H2,1-2H3,(H,21,23)(H2,20,24,25). The summed E-state index contributed by atoms with van der Waals surface area (Å²) in [5.74, 6) is -0.234. The molecule has 3 N–H and O–H groups in total. The van der Waals surface area contributed by atoms with Crippen LogP contribution in [0.4, 0.5) is 0 Å². The Morgan fingerprint density at radius 2 is 1.96 bits per heavy atom. The molecule has 0 aliphatic carbocycles. The number of nitrogens with two attached hydrogens (primary N) is 1. The van der Waals surface area contributed by atoms with E-state index < -0.39 is 10.0 Å². The highest BCUT2D eigenvalue weighted by Crippen LogP contribution is 2.24. The zero-order valence-corrected chi connectivity index (χ0v) is 17.1. The van der Waals surface area contributed by atoms with Gasteiger partial charge < -0.3 is 9.88 Å². The van der Waals surface area contributed by atoms with Crippen LogP contribution in [0.5, 0.6) is 0 Å². The maximum atomic E-state index is 12.6. The molecule has 0 bridgehead atoms. The number of rotatable bonds is 5. The minimum atomic E-state index is -3.72. The largest absolute Gasteiger partial charge is 0.347 e. The maximum Gasteiger partial charge on any atom is 0.253 e. The van der Waals surface area contributed by atoms with E-state index in [1.807, 2.05) is 42.7 Å². The Bertz CT molecular complexity index is 1120. The molecule has 0 fully saturated rings. The summed E-state index contributed by atoms with van der Waals surface area (Å²) in [4.78, 5) is 13.3. The minimum Gasteiger partial charge on any atom is -0.347 e. The van der Waals surface area contributed by atoms with Crippen LogP contribution in [0.2, 0.25) is 5.02 Å². The average molecular weight is 424 g/mol. The molecule has 0 radical (unpaired) electrons. The summed E-state index contributed by atoms with van der Waals surface area (Å²) in [6.45, 7) is 4.01. The van der Waals surface area contributed by atoms with Crippen molar-refractivity contribution in [1.82, 2.24) is 9.88 Å². The molecule has 0 aliphatic heterocycles. The van der Waals surface area contributed by atoms with Gasteiger partial charge in [-0.3, -0.25) is 4.79 Å². The Balaban J connectivity index is 1.80. The van der Waals surface area contributed by atoms with Crippen molar-refractivity contribution in [3.63, 3.8) is 0 Å². The second-order valence-electron chi connectivity index (χ2n) is 6.05. The molecule has 142 valence electrons. The van der Waals surface area contributed by atoms with Crippen LogP contribution in [-0.2, 0) is 16.6 Å². The lowest BCUT2D eigenvalue weighted by atomic mass is 10.2. The van der Waals surface area contributed by atoms with Crippen LogP contribution in [0.1, 0.15) is 26.6 Å². The van der Waals surface area contributed by atoms with Gasteiger partial charge in [-0.1, -0.05) is 17.7 Å². The summed E-state index contributed by atoms with van der Waals surface area (Å²) >= 11 is 7.12. The molecule has 2 heterocycles. The first-order valence-electron chi connectivity index (χ1n) is 8.01. The molecule has 0 atom stereocenters. The third-order valence-corrected chi connectivity index (χ3v) is 6.84. The second kappa shape index (κ2) is 7.47. The number of halogens is 1. The van der Waals surface area contributed by atoms with Crippen LogP contribution in [0.15, 0.2) is 46.7 Å². The molecule has 6 nitrogen and oxygen atoms in total. The molecule has 27 heavy (non-hydrogen) atoms. The molecule has 0 saturated carbocycles. The normalized spacial score (nSPS) is 11.6. The Kier molecular flexibility index (Phi) is 5.43. The van der Waals surface area contributed by atoms with Crippen molar-refractivity contribution in [3.8, 4) is 5.69 Å². The number of carbonyl (C=O) groups is 1. The number of sulfonamides is 1. The van der Waals surface area contributed by atoms with E-state index in [1.165, 1.54) is 6.07 Å². The number of hydrogen-bond acceptors (Lipinski definition) is 4. The molecule has 2 aromatic heterocycles. The van der Waals surface area contributed by atoms with Crippen molar-refractivity contribution >= 4 is 38.9 Å². The number of hydrogen-bond donors (Lipinski definition) is 2. The number of primary sulfonamides is 1. The van der Waals surface area contributed by atoms with Crippen LogP contribution in [0.25, 0.3) is 5.69 Å². The molecule has 0 unspecified atom stereocenters. The first-order chi connectivity index (χ1) is 12.7. The van der Waals surface area contributed by atoms with Gasteiger partial charge >= 0.3 is 0 Å². The van der Waals surface area contributed by atoms with Gasteiger partial charge in [-0.15, -0.1) is 11.3 Å². The smallest absolute Gasteiger partial charge is 0.253 e. The number of thiophene rings is 1. The third kappa shape index (κ3) is 4.24. The predicted octanol–water partition coefficient (Wildman–Crippen LogP) is 3.39. The molecular weight excluding hydrogens is 406 g/mol. The van der Waals surface area contributed by atoms with E-state index in [4.69, 9.17) is 16.7 Å². The fraction of sp³-hybridized carbons (Fsp3) is 0.167. The van der Waals surface area contributed by atoms with E-state index in [-0.39, 0.29) is 16.7 Å². The zero-order chi connectivity index (χ0) is 19.8. The lowest BCUT2D eigenvalue weighted by Gasteiger charge is -2.10. The molecule has 3 aromatic rings. The molecule has 0 saturated heterocycles. The molecule has 3 rings (SSSR count). The van der Waals surface area contributed by atoms with Gasteiger partial charge in [0.05, 0.1) is 12.1 Å². The Labute approximate surface area is 166 Å². The second-order valence-corrected chi connectivity index (χ2v) is 9.44. The van der Waals surface area contributed by atoms with Crippen LogP contribution >= 0.6 is 22.9 Å². The predicted molar refractivity (Wildman–Crippen MR) is 107 cm³/mol. The molecule has 1 aromatic carbocycles. The van der Waals surface area contributed by atoms with Crippen molar-refractivity contribution in [2.75, 3.05) is 0 Å². The van der Waals surface area contributed by atoms with Gasteiger partial charge in [0.25, 0.3) is 5.91 Å². The Morgan fingerprint density at radius 3 is 2.59 bits per heavy atom. The summed E-state index contributed by atoms with van der Waals surface area (Å²) in [5.41, 5.74) is 3.14. The first-order valence-corrected chi connectivity index (χ1v) is 10.8. The van der Waals surface area contributed by atoms with Crippen LogP contribution in [-0.4, -0.2) is 18.9 Å². The number of nitrogens with one attached hydrogen (secondary N) is 1. The molecular formula is C18H18ClN3O3S2. The van der Waals surface area contributed by atoms with Crippen molar-refractivity contribution in [1.29, 1.82) is 0 Å². The molecule has 0 spiro atoms. The highest BCUT2D eigenvalue weighted by molar-refractivity contribution is 7.91. The first kappa shape index (κ1) is 19.6. The van der Waals surface area contributed by atoms with Crippen molar-refractivity contribution < 1.29 is 13.2 Å². The van der Waals surface area contributed by atoms with Gasteiger partial charge in [0.2, 0.25) is 10.0 Å². The maximum absolute atomic E-state index is 12.6. The number of amides is 1. The van der Waals surface area contributed by atoms with Crippen molar-refractivity contribution in [2.45, 2.75) is 24.6 Å². The fourth-order valence-electron chi connectivity index (χ4n) is 2.87. The van der Waals surface area contributed by atoms with Gasteiger partial charge in [0, 0.05) is 27.0 Å². The van der Waals surface area contributed by atoms with Crippen LogP contribution in [0.3, 0.4) is 0 Å². The van der Waals surface area contributed by atoms with E-state index in [1.54, 1.807) is 12.1 Å². The van der Waals surface area contributed by atoms with Gasteiger partial charge in [0.1, 0.15) is 4.21 Å². The zero-order valence-electron chi connectivity index (χ0n) is 14.7. The monoisotopic (exact) mass is 423 g/mol. The molecule has 9 heteroatoms. The van der Waals surface area contributed by atoms with Gasteiger partial charge in [-0.2, -0.15) is 0 Å². The Morgan fingerprint density at radius 1 is 1.22 bits per heavy atom. The SMILES string of the molecule is Cc1cc(C(=O)NCc2ccc(S(N)(=O)=O)s2)c(C)n1-c1cccc(Cl)c1. The number of aromatic nitrogens is 1. The Hall–Kier alpha value is -2.13. The van der Waals surface area contributed by atoms with E-state index in [9.17, 15) is 13.2 Å². The van der Waals surface area contributed by atoms with Gasteiger partial charge in [-0.05, 0) is 50.2 Å². The van der Waals surface area contributed by atoms with E-state index in [0.29, 0.717) is 15.5 Å². The number of carbonyl (C=O) groups excluding carboxylic acids is 1. The van der Waals surface area contributed by atoms with E-state index in [0.717, 1.165) is 28.4 Å². The number of benzene rings is 1. The summed E-state index contributed by atoms with van der Waals surface area (Å²) in [5, 5.41) is 8.55. The third-order valence-electron chi connectivity index (χ3n) is 4.08. The molecule has 1 amide bonds. The fourth-order valence-corrected chi connectivity index (χ4v) is 4.78. The molecule has 0 aliphatic rings.